The zero-order valence-corrected chi connectivity index (χ0v) is 15.7. The number of nitrogens with zero attached hydrogens (tertiary/aromatic N) is 4. The summed E-state index contributed by atoms with van der Waals surface area (Å²) in [6, 6.07) is 0. The Balaban J connectivity index is 2.52. The molecule has 2 heterocycles. The van der Waals surface area contributed by atoms with Crippen LogP contribution in [0.4, 0.5) is 0 Å². The lowest BCUT2D eigenvalue weighted by molar-refractivity contribution is 0.134. The van der Waals surface area contributed by atoms with Crippen molar-refractivity contribution in [2.75, 3.05) is 13.7 Å². The summed E-state index contributed by atoms with van der Waals surface area (Å²) in [5, 5.41) is 13.6. The van der Waals surface area contributed by atoms with Gasteiger partial charge in [0.1, 0.15) is 12.4 Å². The topological polar surface area (TPSA) is 103 Å². The molecular weight excluding hydrogens is 326 g/mol. The summed E-state index contributed by atoms with van der Waals surface area (Å²) in [4.78, 5) is 29.1. The van der Waals surface area contributed by atoms with Gasteiger partial charge in [-0.1, -0.05) is 0 Å². The second-order valence-electron chi connectivity index (χ2n) is 7.23. The number of aliphatic hydroxyl groups is 1. The molecule has 0 aromatic carbocycles. The van der Waals surface area contributed by atoms with Crippen LogP contribution in [0.25, 0.3) is 11.2 Å². The second kappa shape index (κ2) is 7.11. The van der Waals surface area contributed by atoms with E-state index in [9.17, 15) is 14.7 Å². The van der Waals surface area contributed by atoms with Gasteiger partial charge in [-0.25, -0.2) is 9.78 Å². The number of aromatic nitrogens is 4. The van der Waals surface area contributed by atoms with E-state index in [0.717, 1.165) is 4.57 Å². The summed E-state index contributed by atoms with van der Waals surface area (Å²) in [6.45, 7) is 6.73. The van der Waals surface area contributed by atoms with Gasteiger partial charge in [0.25, 0.3) is 5.56 Å². The fourth-order valence-corrected chi connectivity index (χ4v) is 2.63. The Kier molecular flexibility index (Phi) is 5.50. The molecule has 0 amide bonds. The van der Waals surface area contributed by atoms with Crippen LogP contribution in [-0.2, 0) is 32.0 Å². The Morgan fingerprint density at radius 2 is 1.88 bits per heavy atom. The van der Waals surface area contributed by atoms with Gasteiger partial charge in [-0.3, -0.25) is 13.9 Å². The predicted octanol–water partition coefficient (Wildman–Crippen LogP) is -0.671. The largest absolute Gasteiger partial charge is 0.390 e. The molecule has 0 fully saturated rings. The molecule has 0 radical (unpaired) electrons. The van der Waals surface area contributed by atoms with Gasteiger partial charge in [0.2, 0.25) is 0 Å². The van der Waals surface area contributed by atoms with E-state index in [1.165, 1.54) is 18.7 Å². The molecule has 0 aliphatic heterocycles. The molecule has 0 spiro atoms. The van der Waals surface area contributed by atoms with Crippen molar-refractivity contribution >= 4 is 11.2 Å². The van der Waals surface area contributed by atoms with Crippen molar-refractivity contribution in [3.8, 4) is 0 Å². The summed E-state index contributed by atoms with van der Waals surface area (Å²) in [7, 11) is 4.52. The molecule has 1 atom stereocenters. The van der Waals surface area contributed by atoms with E-state index in [-0.39, 0.29) is 29.9 Å². The maximum Gasteiger partial charge on any atom is 0.332 e. The molecule has 0 unspecified atom stereocenters. The number of imidazole rings is 1. The molecule has 140 valence electrons. The molecule has 0 bridgehead atoms. The molecule has 0 saturated heterocycles. The van der Waals surface area contributed by atoms with E-state index in [1.54, 1.807) is 11.6 Å². The first-order valence-electron chi connectivity index (χ1n) is 8.14. The van der Waals surface area contributed by atoms with Crippen LogP contribution in [0.1, 0.15) is 26.6 Å². The number of fused-ring (bicyclic) bond motifs is 1. The quantitative estimate of drug-likeness (QED) is 0.714. The molecule has 0 saturated carbocycles. The third kappa shape index (κ3) is 4.00. The van der Waals surface area contributed by atoms with Gasteiger partial charge in [-0.05, 0) is 20.8 Å². The minimum absolute atomic E-state index is 0.132. The Morgan fingerprint density at radius 1 is 1.24 bits per heavy atom. The number of hydrogen-bond acceptors (Lipinski definition) is 6. The van der Waals surface area contributed by atoms with Crippen molar-refractivity contribution in [3.63, 3.8) is 0 Å². The Morgan fingerprint density at radius 3 is 2.44 bits per heavy atom. The van der Waals surface area contributed by atoms with Gasteiger partial charge in [-0.15, -0.1) is 0 Å². The van der Waals surface area contributed by atoms with Crippen molar-refractivity contribution in [2.45, 2.75) is 45.6 Å². The SMILES string of the molecule is COCc1nc2c(c(=O)n(C)c(=O)n2C)n1C[C@@H](O)CNC(C)(C)C. The molecule has 2 aromatic rings. The summed E-state index contributed by atoms with van der Waals surface area (Å²) >= 11 is 0. The van der Waals surface area contributed by atoms with Crippen LogP contribution in [0, 0.1) is 0 Å². The number of aryl methyl sites for hydroxylation is 1. The van der Waals surface area contributed by atoms with Gasteiger partial charge in [-0.2, -0.15) is 0 Å². The lowest BCUT2D eigenvalue weighted by Crippen LogP contribution is -2.42. The van der Waals surface area contributed by atoms with Crippen molar-refractivity contribution < 1.29 is 9.84 Å². The van der Waals surface area contributed by atoms with Crippen molar-refractivity contribution in [1.29, 1.82) is 0 Å². The lowest BCUT2D eigenvalue weighted by atomic mass is 10.1. The molecule has 25 heavy (non-hydrogen) atoms. The van der Waals surface area contributed by atoms with Crippen LogP contribution in [0.3, 0.4) is 0 Å². The number of rotatable bonds is 6. The summed E-state index contributed by atoms with van der Waals surface area (Å²) in [5.41, 5.74) is -0.444. The maximum atomic E-state index is 12.6. The van der Waals surface area contributed by atoms with Crippen LogP contribution >= 0.6 is 0 Å². The first-order valence-corrected chi connectivity index (χ1v) is 8.14. The summed E-state index contributed by atoms with van der Waals surface area (Å²) in [5.74, 6) is 0.491. The third-order valence-corrected chi connectivity index (χ3v) is 3.96. The lowest BCUT2D eigenvalue weighted by Gasteiger charge is -2.23. The molecule has 0 aliphatic carbocycles. The molecule has 9 heteroatoms. The summed E-state index contributed by atoms with van der Waals surface area (Å²) < 4.78 is 9.16. The Labute approximate surface area is 145 Å². The smallest absolute Gasteiger partial charge is 0.332 e. The molecule has 2 N–H and O–H groups in total. The standard InChI is InChI=1S/C16H27N5O4/c1-16(2,3)17-7-10(22)8-21-11(9-25-6)18-13-12(21)14(23)20(5)15(24)19(13)4/h10,17,22H,7-9H2,1-6H3/t10-/m0/s1. The number of aliphatic hydroxyl groups excluding tert-OH is 1. The van der Waals surface area contributed by atoms with Crippen molar-refractivity contribution in [1.82, 2.24) is 24.0 Å². The number of β-amino-alcohol motifs (C(OH)–C–C–N with tert-alkyl or cyclic N) is 1. The zero-order chi connectivity index (χ0) is 18.9. The number of hydrogen-bond donors (Lipinski definition) is 2. The van der Waals surface area contributed by atoms with Gasteiger partial charge >= 0.3 is 5.69 Å². The molecular formula is C16H27N5O4. The van der Waals surface area contributed by atoms with Gasteiger partial charge in [0.05, 0.1) is 12.6 Å². The molecule has 9 nitrogen and oxygen atoms in total. The van der Waals surface area contributed by atoms with E-state index < -0.39 is 17.4 Å². The fourth-order valence-electron chi connectivity index (χ4n) is 2.63. The maximum absolute atomic E-state index is 12.6. The normalized spacial score (nSPS) is 13.6. The molecule has 2 rings (SSSR count). The van der Waals surface area contributed by atoms with Crippen LogP contribution < -0.4 is 16.6 Å². The number of methoxy groups -OCH3 is 1. The highest BCUT2D eigenvalue weighted by molar-refractivity contribution is 5.71. The van der Waals surface area contributed by atoms with Crippen molar-refractivity contribution in [2.24, 2.45) is 14.1 Å². The third-order valence-electron chi connectivity index (χ3n) is 3.96. The monoisotopic (exact) mass is 353 g/mol. The average Bonchev–Trinajstić information content (AvgIpc) is 2.87. The summed E-state index contributed by atoms with van der Waals surface area (Å²) in [6.07, 6.45) is -0.728. The predicted molar refractivity (Wildman–Crippen MR) is 94.7 cm³/mol. The van der Waals surface area contributed by atoms with E-state index >= 15 is 0 Å². The Bertz CT molecular complexity index is 872. The fraction of sp³-hybridized carbons (Fsp3) is 0.688. The zero-order valence-electron chi connectivity index (χ0n) is 15.7. The van der Waals surface area contributed by atoms with E-state index in [4.69, 9.17) is 4.74 Å². The first-order chi connectivity index (χ1) is 11.6. The van der Waals surface area contributed by atoms with Crippen molar-refractivity contribution in [3.05, 3.63) is 26.7 Å². The highest BCUT2D eigenvalue weighted by atomic mass is 16.5. The van der Waals surface area contributed by atoms with Gasteiger partial charge < -0.3 is 19.7 Å². The molecule has 0 aliphatic rings. The average molecular weight is 353 g/mol. The first kappa shape index (κ1) is 19.4. The van der Waals surface area contributed by atoms with Crippen LogP contribution in [0.2, 0.25) is 0 Å². The highest BCUT2D eigenvalue weighted by Crippen LogP contribution is 2.13. The van der Waals surface area contributed by atoms with E-state index in [0.29, 0.717) is 12.4 Å². The Hall–Kier alpha value is -1.97. The van der Waals surface area contributed by atoms with E-state index in [1.807, 2.05) is 20.8 Å². The minimum Gasteiger partial charge on any atom is -0.390 e. The van der Waals surface area contributed by atoms with Crippen LogP contribution in [-0.4, -0.2) is 49.1 Å². The molecule has 2 aromatic heterocycles. The van der Waals surface area contributed by atoms with Gasteiger partial charge in [0.15, 0.2) is 11.2 Å². The van der Waals surface area contributed by atoms with Crippen LogP contribution in [0.15, 0.2) is 9.59 Å². The number of nitrogens with one attached hydrogen (secondary N) is 1. The van der Waals surface area contributed by atoms with Gasteiger partial charge in [0, 0.05) is 33.3 Å². The minimum atomic E-state index is -0.728. The van der Waals surface area contributed by atoms with E-state index in [2.05, 4.69) is 10.3 Å². The highest BCUT2D eigenvalue weighted by Gasteiger charge is 2.21. The number of ether oxygens (including phenoxy) is 1. The second-order valence-corrected chi connectivity index (χ2v) is 7.23. The van der Waals surface area contributed by atoms with Crippen LogP contribution in [0.5, 0.6) is 0 Å².